The summed E-state index contributed by atoms with van der Waals surface area (Å²) in [5.74, 6) is 0. The van der Waals surface area contributed by atoms with E-state index in [0.29, 0.717) is 31.6 Å². The highest BCUT2D eigenvalue weighted by molar-refractivity contribution is 5.64. The van der Waals surface area contributed by atoms with Crippen LogP contribution < -0.4 is 4.90 Å². The molecule has 2 aromatic rings. The van der Waals surface area contributed by atoms with Crippen molar-refractivity contribution in [3.05, 3.63) is 69.8 Å². The summed E-state index contributed by atoms with van der Waals surface area (Å²) in [5, 5.41) is 22.4. The van der Waals surface area contributed by atoms with E-state index in [4.69, 9.17) is 0 Å². The van der Waals surface area contributed by atoms with Crippen LogP contribution in [0.5, 0.6) is 0 Å². The zero-order chi connectivity index (χ0) is 17.2. The van der Waals surface area contributed by atoms with E-state index >= 15 is 0 Å². The van der Waals surface area contributed by atoms with Gasteiger partial charge in [-0.25, -0.2) is 0 Å². The SMILES string of the molecule is Cc1ccc(N2CCCC(O)(c3ccccc3)CC2)c([N+](=O)[O-])c1. The molecule has 1 fully saturated rings. The van der Waals surface area contributed by atoms with Gasteiger partial charge in [-0.15, -0.1) is 0 Å². The van der Waals surface area contributed by atoms with Crippen LogP contribution in [0.15, 0.2) is 48.5 Å². The van der Waals surface area contributed by atoms with Crippen LogP contribution in [0.1, 0.15) is 30.4 Å². The monoisotopic (exact) mass is 326 g/mol. The number of nitro benzene ring substituents is 1. The second-order valence-corrected chi connectivity index (χ2v) is 6.49. The second-order valence-electron chi connectivity index (χ2n) is 6.49. The Labute approximate surface area is 141 Å². The van der Waals surface area contributed by atoms with E-state index < -0.39 is 5.60 Å². The summed E-state index contributed by atoms with van der Waals surface area (Å²) in [6, 6.07) is 15.0. The van der Waals surface area contributed by atoms with E-state index in [1.54, 1.807) is 6.07 Å². The lowest BCUT2D eigenvalue weighted by Gasteiger charge is -2.28. The minimum absolute atomic E-state index is 0.139. The normalized spacial score (nSPS) is 21.3. The molecule has 1 N–H and O–H groups in total. The molecule has 1 heterocycles. The van der Waals surface area contributed by atoms with Gasteiger partial charge in [0, 0.05) is 19.2 Å². The van der Waals surface area contributed by atoms with Crippen LogP contribution in [0, 0.1) is 17.0 Å². The number of nitro groups is 1. The zero-order valence-corrected chi connectivity index (χ0v) is 13.8. The van der Waals surface area contributed by atoms with Crippen LogP contribution in [0.3, 0.4) is 0 Å². The van der Waals surface area contributed by atoms with E-state index in [2.05, 4.69) is 0 Å². The van der Waals surface area contributed by atoms with E-state index in [-0.39, 0.29) is 10.6 Å². The molecule has 0 spiro atoms. The number of aryl methyl sites for hydroxylation is 1. The predicted octanol–water partition coefficient (Wildman–Crippen LogP) is 3.78. The Hall–Kier alpha value is -2.40. The molecule has 0 amide bonds. The second kappa shape index (κ2) is 6.61. The van der Waals surface area contributed by atoms with Gasteiger partial charge in [0.15, 0.2) is 0 Å². The summed E-state index contributed by atoms with van der Waals surface area (Å²) in [6.45, 7) is 3.15. The Morgan fingerprint density at radius 1 is 1.12 bits per heavy atom. The highest BCUT2D eigenvalue weighted by Gasteiger charge is 2.33. The number of rotatable bonds is 3. The smallest absolute Gasteiger partial charge is 0.292 e. The molecule has 1 aliphatic rings. The molecule has 1 atom stereocenters. The number of hydrogen-bond donors (Lipinski definition) is 1. The topological polar surface area (TPSA) is 66.6 Å². The number of nitrogens with zero attached hydrogens (tertiary/aromatic N) is 2. The summed E-state index contributed by atoms with van der Waals surface area (Å²) < 4.78 is 0. The molecule has 5 heteroatoms. The van der Waals surface area contributed by atoms with Gasteiger partial charge in [-0.05, 0) is 43.4 Å². The van der Waals surface area contributed by atoms with Crippen molar-refractivity contribution in [1.82, 2.24) is 0 Å². The van der Waals surface area contributed by atoms with Crippen LogP contribution in [0.2, 0.25) is 0 Å². The van der Waals surface area contributed by atoms with Crippen molar-refractivity contribution in [1.29, 1.82) is 0 Å². The van der Waals surface area contributed by atoms with Gasteiger partial charge in [-0.2, -0.15) is 0 Å². The van der Waals surface area contributed by atoms with Crippen molar-refractivity contribution in [2.45, 2.75) is 31.8 Å². The lowest BCUT2D eigenvalue weighted by molar-refractivity contribution is -0.384. The predicted molar refractivity (Wildman–Crippen MR) is 94.2 cm³/mol. The third-order valence-corrected chi connectivity index (χ3v) is 4.79. The van der Waals surface area contributed by atoms with Gasteiger partial charge in [0.1, 0.15) is 5.69 Å². The third kappa shape index (κ3) is 3.26. The quantitative estimate of drug-likeness (QED) is 0.688. The lowest BCUT2D eigenvalue weighted by atomic mass is 9.87. The maximum atomic E-state index is 11.4. The first-order valence-corrected chi connectivity index (χ1v) is 8.27. The van der Waals surface area contributed by atoms with Gasteiger partial charge in [0.25, 0.3) is 5.69 Å². The molecule has 1 saturated heterocycles. The Balaban J connectivity index is 1.85. The van der Waals surface area contributed by atoms with Crippen molar-refractivity contribution >= 4 is 11.4 Å². The average Bonchev–Trinajstić information content (AvgIpc) is 2.78. The highest BCUT2D eigenvalue weighted by atomic mass is 16.6. The van der Waals surface area contributed by atoms with Crippen LogP contribution >= 0.6 is 0 Å². The highest BCUT2D eigenvalue weighted by Crippen LogP contribution is 2.36. The first-order chi connectivity index (χ1) is 11.5. The molecule has 0 aliphatic carbocycles. The van der Waals surface area contributed by atoms with Gasteiger partial charge in [-0.1, -0.05) is 36.4 Å². The average molecular weight is 326 g/mol. The Bertz CT molecular complexity index is 733. The Kier molecular flexibility index (Phi) is 4.53. The van der Waals surface area contributed by atoms with Gasteiger partial charge in [-0.3, -0.25) is 10.1 Å². The summed E-state index contributed by atoms with van der Waals surface area (Å²) in [5.41, 5.74) is 1.71. The van der Waals surface area contributed by atoms with E-state index in [0.717, 1.165) is 17.5 Å². The zero-order valence-electron chi connectivity index (χ0n) is 13.8. The van der Waals surface area contributed by atoms with Crippen LogP contribution in [-0.2, 0) is 5.60 Å². The molecule has 1 aliphatic heterocycles. The molecule has 5 nitrogen and oxygen atoms in total. The minimum atomic E-state index is -0.866. The minimum Gasteiger partial charge on any atom is -0.385 e. The third-order valence-electron chi connectivity index (χ3n) is 4.79. The molecule has 24 heavy (non-hydrogen) atoms. The van der Waals surface area contributed by atoms with Gasteiger partial charge in [0.05, 0.1) is 10.5 Å². The van der Waals surface area contributed by atoms with Gasteiger partial charge in [0.2, 0.25) is 0 Å². The van der Waals surface area contributed by atoms with Crippen molar-refractivity contribution < 1.29 is 10.0 Å². The maximum Gasteiger partial charge on any atom is 0.292 e. The van der Waals surface area contributed by atoms with Crippen molar-refractivity contribution in [2.24, 2.45) is 0 Å². The Morgan fingerprint density at radius 2 is 1.88 bits per heavy atom. The van der Waals surface area contributed by atoms with Crippen molar-refractivity contribution in [2.75, 3.05) is 18.0 Å². The maximum absolute atomic E-state index is 11.4. The Morgan fingerprint density at radius 3 is 2.58 bits per heavy atom. The number of hydrogen-bond acceptors (Lipinski definition) is 4. The molecule has 0 bridgehead atoms. The molecule has 1 unspecified atom stereocenters. The first-order valence-electron chi connectivity index (χ1n) is 8.27. The summed E-state index contributed by atoms with van der Waals surface area (Å²) in [4.78, 5) is 13.1. The van der Waals surface area contributed by atoms with Crippen LogP contribution in [0.25, 0.3) is 0 Å². The summed E-state index contributed by atoms with van der Waals surface area (Å²) >= 11 is 0. The standard InChI is InChI=1S/C19H22N2O3/c1-15-8-9-17(18(14-15)21(23)24)20-12-5-10-19(22,11-13-20)16-6-3-2-4-7-16/h2-4,6-9,14,22H,5,10-13H2,1H3. The lowest BCUT2D eigenvalue weighted by Crippen LogP contribution is -2.29. The fourth-order valence-corrected chi connectivity index (χ4v) is 3.44. The summed E-state index contributed by atoms with van der Waals surface area (Å²) in [6.07, 6.45) is 2.01. The molecule has 126 valence electrons. The fraction of sp³-hybridized carbons (Fsp3) is 0.368. The number of anilines is 1. The van der Waals surface area contributed by atoms with Crippen molar-refractivity contribution in [3.8, 4) is 0 Å². The van der Waals surface area contributed by atoms with E-state index in [1.165, 1.54) is 0 Å². The van der Waals surface area contributed by atoms with Crippen LogP contribution in [-0.4, -0.2) is 23.1 Å². The first kappa shape index (κ1) is 16.5. The van der Waals surface area contributed by atoms with Crippen molar-refractivity contribution in [3.63, 3.8) is 0 Å². The summed E-state index contributed by atoms with van der Waals surface area (Å²) in [7, 11) is 0. The number of aliphatic hydroxyl groups is 1. The van der Waals surface area contributed by atoms with E-state index in [1.807, 2.05) is 54.3 Å². The van der Waals surface area contributed by atoms with Crippen LogP contribution in [0.4, 0.5) is 11.4 Å². The molecular weight excluding hydrogens is 304 g/mol. The molecule has 0 saturated carbocycles. The van der Waals surface area contributed by atoms with Gasteiger partial charge < -0.3 is 10.0 Å². The molecular formula is C19H22N2O3. The fourth-order valence-electron chi connectivity index (χ4n) is 3.44. The largest absolute Gasteiger partial charge is 0.385 e. The molecule has 2 aromatic carbocycles. The van der Waals surface area contributed by atoms with E-state index in [9.17, 15) is 15.2 Å². The molecule has 0 radical (unpaired) electrons. The molecule has 3 rings (SSSR count). The molecule has 0 aromatic heterocycles. The number of benzene rings is 2. The van der Waals surface area contributed by atoms with Gasteiger partial charge >= 0.3 is 0 Å².